The van der Waals surface area contributed by atoms with Crippen molar-refractivity contribution in [2.45, 2.75) is 12.8 Å². The van der Waals surface area contributed by atoms with Crippen LogP contribution in [0, 0.1) is 11.3 Å². The molecule has 1 aromatic carbocycles. The van der Waals surface area contributed by atoms with Crippen LogP contribution in [0.5, 0.6) is 5.75 Å². The Morgan fingerprint density at radius 3 is 2.84 bits per heavy atom. The second-order valence-electron chi connectivity index (χ2n) is 4.90. The van der Waals surface area contributed by atoms with E-state index in [1.165, 1.54) is 0 Å². The van der Waals surface area contributed by atoms with Gasteiger partial charge in [-0.15, -0.1) is 0 Å². The van der Waals surface area contributed by atoms with Gasteiger partial charge in [-0.25, -0.2) is 0 Å². The summed E-state index contributed by atoms with van der Waals surface area (Å²) in [7, 11) is 0. The van der Waals surface area contributed by atoms with Crippen LogP contribution in [0.15, 0.2) is 28.7 Å². The summed E-state index contributed by atoms with van der Waals surface area (Å²) in [6.45, 7) is 3.53. The Labute approximate surface area is 122 Å². The van der Waals surface area contributed by atoms with E-state index in [1.807, 2.05) is 24.3 Å². The molecule has 2 rings (SSSR count). The van der Waals surface area contributed by atoms with E-state index in [0.29, 0.717) is 12.4 Å². The monoisotopic (exact) mass is 325 g/mol. The SMILES string of the molecule is N=C(N)C1CCCN(CCOc2ccc(Br)cc2)C1. The maximum Gasteiger partial charge on any atom is 0.119 e. The summed E-state index contributed by atoms with van der Waals surface area (Å²) in [5, 5.41) is 7.53. The number of nitrogens with zero attached hydrogens (tertiary/aromatic N) is 1. The van der Waals surface area contributed by atoms with Crippen LogP contribution in [0.1, 0.15) is 12.8 Å². The minimum atomic E-state index is 0.224. The first-order valence-corrected chi connectivity index (χ1v) is 7.39. The van der Waals surface area contributed by atoms with Crippen molar-refractivity contribution in [3.05, 3.63) is 28.7 Å². The van der Waals surface area contributed by atoms with Crippen molar-refractivity contribution in [2.75, 3.05) is 26.2 Å². The first-order chi connectivity index (χ1) is 9.15. The molecule has 0 radical (unpaired) electrons. The zero-order chi connectivity index (χ0) is 13.7. The number of likely N-dealkylation sites (tertiary alicyclic amines) is 1. The summed E-state index contributed by atoms with van der Waals surface area (Å²) >= 11 is 3.40. The minimum Gasteiger partial charge on any atom is -0.492 e. The number of nitrogens with two attached hydrogens (primary N) is 1. The van der Waals surface area contributed by atoms with Gasteiger partial charge in [-0.2, -0.15) is 0 Å². The highest BCUT2D eigenvalue weighted by Crippen LogP contribution is 2.17. The molecule has 0 aliphatic carbocycles. The molecule has 0 saturated carbocycles. The molecule has 3 N–H and O–H groups in total. The molecule has 19 heavy (non-hydrogen) atoms. The predicted octanol–water partition coefficient (Wildman–Crippen LogP) is 2.48. The fourth-order valence-corrected chi connectivity index (χ4v) is 2.60. The first-order valence-electron chi connectivity index (χ1n) is 6.60. The lowest BCUT2D eigenvalue weighted by Crippen LogP contribution is -2.42. The number of nitrogens with one attached hydrogen (secondary N) is 1. The van der Waals surface area contributed by atoms with Gasteiger partial charge in [0.15, 0.2) is 0 Å². The Kier molecular flexibility index (Phi) is 5.22. The molecule has 0 aromatic heterocycles. The molecular weight excluding hydrogens is 306 g/mol. The van der Waals surface area contributed by atoms with Gasteiger partial charge < -0.3 is 10.5 Å². The number of piperidine rings is 1. The predicted molar refractivity (Wildman–Crippen MR) is 80.7 cm³/mol. The van der Waals surface area contributed by atoms with Crippen LogP contribution in [0.2, 0.25) is 0 Å². The van der Waals surface area contributed by atoms with Crippen LogP contribution in [0.4, 0.5) is 0 Å². The lowest BCUT2D eigenvalue weighted by atomic mass is 9.97. The minimum absolute atomic E-state index is 0.224. The maximum absolute atomic E-state index is 7.53. The number of ether oxygens (including phenoxy) is 1. The Bertz CT molecular complexity index is 421. The highest BCUT2D eigenvalue weighted by molar-refractivity contribution is 9.10. The highest BCUT2D eigenvalue weighted by Gasteiger charge is 2.21. The maximum atomic E-state index is 7.53. The lowest BCUT2D eigenvalue weighted by Gasteiger charge is -2.31. The molecule has 104 valence electrons. The third-order valence-corrected chi connectivity index (χ3v) is 3.96. The molecule has 1 atom stereocenters. The molecule has 1 aliphatic heterocycles. The first kappa shape index (κ1) is 14.3. The van der Waals surface area contributed by atoms with Gasteiger partial charge >= 0.3 is 0 Å². The van der Waals surface area contributed by atoms with Crippen molar-refractivity contribution in [1.82, 2.24) is 4.90 Å². The van der Waals surface area contributed by atoms with Crippen LogP contribution in [0.25, 0.3) is 0 Å². The standard InChI is InChI=1S/C14H20BrN3O/c15-12-3-5-13(6-4-12)19-9-8-18-7-1-2-11(10-18)14(16)17/h3-6,11H,1-2,7-10H2,(H3,16,17). The van der Waals surface area contributed by atoms with E-state index in [1.54, 1.807) is 0 Å². The molecule has 0 spiro atoms. The van der Waals surface area contributed by atoms with E-state index >= 15 is 0 Å². The van der Waals surface area contributed by atoms with E-state index in [9.17, 15) is 0 Å². The largest absolute Gasteiger partial charge is 0.492 e. The zero-order valence-corrected chi connectivity index (χ0v) is 12.5. The number of rotatable bonds is 5. The number of hydrogen-bond donors (Lipinski definition) is 2. The fourth-order valence-electron chi connectivity index (χ4n) is 2.34. The molecular formula is C14H20BrN3O. The topological polar surface area (TPSA) is 62.3 Å². The quantitative estimate of drug-likeness (QED) is 0.645. The van der Waals surface area contributed by atoms with E-state index in [4.69, 9.17) is 15.9 Å². The number of amidine groups is 1. The van der Waals surface area contributed by atoms with Gasteiger partial charge in [-0.1, -0.05) is 15.9 Å². The van der Waals surface area contributed by atoms with Crippen LogP contribution in [0.3, 0.4) is 0 Å². The lowest BCUT2D eigenvalue weighted by molar-refractivity contribution is 0.167. The Hall–Kier alpha value is -1.07. The van der Waals surface area contributed by atoms with Gasteiger partial charge in [0, 0.05) is 23.5 Å². The fraction of sp³-hybridized carbons (Fsp3) is 0.500. The average Bonchev–Trinajstić information content (AvgIpc) is 2.41. The Balaban J connectivity index is 1.73. The molecule has 1 aliphatic rings. The van der Waals surface area contributed by atoms with Crippen molar-refractivity contribution in [2.24, 2.45) is 11.7 Å². The number of benzene rings is 1. The second-order valence-corrected chi connectivity index (χ2v) is 5.81. The summed E-state index contributed by atoms with van der Waals surface area (Å²) in [5.41, 5.74) is 5.58. The van der Waals surface area contributed by atoms with Crippen LogP contribution < -0.4 is 10.5 Å². The van der Waals surface area contributed by atoms with Crippen molar-refractivity contribution >= 4 is 21.8 Å². The van der Waals surface area contributed by atoms with E-state index in [2.05, 4.69) is 20.8 Å². The normalized spacial score (nSPS) is 20.2. The van der Waals surface area contributed by atoms with Gasteiger partial charge in [0.1, 0.15) is 12.4 Å². The molecule has 1 saturated heterocycles. The Morgan fingerprint density at radius 1 is 1.42 bits per heavy atom. The van der Waals surface area contributed by atoms with Crippen molar-refractivity contribution in [1.29, 1.82) is 5.41 Å². The van der Waals surface area contributed by atoms with Crippen LogP contribution in [-0.2, 0) is 0 Å². The average molecular weight is 326 g/mol. The number of halogens is 1. The molecule has 0 bridgehead atoms. The summed E-state index contributed by atoms with van der Waals surface area (Å²) in [5.74, 6) is 1.43. The molecule has 1 aromatic rings. The molecule has 1 fully saturated rings. The third kappa shape index (κ3) is 4.51. The molecule has 4 nitrogen and oxygen atoms in total. The molecule has 0 amide bonds. The smallest absolute Gasteiger partial charge is 0.119 e. The van der Waals surface area contributed by atoms with Crippen molar-refractivity contribution < 1.29 is 4.74 Å². The summed E-state index contributed by atoms with van der Waals surface area (Å²) in [4.78, 5) is 2.33. The van der Waals surface area contributed by atoms with Gasteiger partial charge in [0.05, 0.1) is 5.84 Å². The second kappa shape index (κ2) is 6.91. The van der Waals surface area contributed by atoms with Gasteiger partial charge in [-0.3, -0.25) is 10.3 Å². The van der Waals surface area contributed by atoms with Gasteiger partial charge in [0.25, 0.3) is 0 Å². The van der Waals surface area contributed by atoms with E-state index in [0.717, 1.165) is 42.7 Å². The van der Waals surface area contributed by atoms with Gasteiger partial charge in [0.2, 0.25) is 0 Å². The molecule has 1 unspecified atom stereocenters. The summed E-state index contributed by atoms with van der Waals surface area (Å²) in [6, 6.07) is 7.86. The van der Waals surface area contributed by atoms with Crippen LogP contribution in [-0.4, -0.2) is 37.0 Å². The number of hydrogen-bond acceptors (Lipinski definition) is 3. The van der Waals surface area contributed by atoms with E-state index < -0.39 is 0 Å². The summed E-state index contributed by atoms with van der Waals surface area (Å²) in [6.07, 6.45) is 2.15. The summed E-state index contributed by atoms with van der Waals surface area (Å²) < 4.78 is 6.77. The zero-order valence-electron chi connectivity index (χ0n) is 10.9. The van der Waals surface area contributed by atoms with Crippen molar-refractivity contribution in [3.8, 4) is 5.75 Å². The van der Waals surface area contributed by atoms with Gasteiger partial charge in [-0.05, 0) is 43.7 Å². The third-order valence-electron chi connectivity index (χ3n) is 3.44. The Morgan fingerprint density at radius 2 is 2.16 bits per heavy atom. The van der Waals surface area contributed by atoms with Crippen LogP contribution >= 0.6 is 15.9 Å². The van der Waals surface area contributed by atoms with Crippen molar-refractivity contribution in [3.63, 3.8) is 0 Å². The van der Waals surface area contributed by atoms with E-state index in [-0.39, 0.29) is 5.92 Å². The molecule has 5 heteroatoms. The highest BCUT2D eigenvalue weighted by atomic mass is 79.9. The molecule has 1 heterocycles.